The third-order valence-electron chi connectivity index (χ3n) is 20.4. The van der Waals surface area contributed by atoms with Crippen molar-refractivity contribution in [3.05, 3.63) is 142 Å². The third-order valence-corrected chi connectivity index (χ3v) is 20.4. The summed E-state index contributed by atoms with van der Waals surface area (Å²) in [7, 11) is 0. The molecule has 34 N–H and O–H groups in total. The number of H-pyrrole nitrogens is 1. The third kappa shape index (κ3) is 32.5. The monoisotopic (exact) mass is 1770 g/mol. The predicted octanol–water partition coefficient (Wildman–Crippen LogP) is -3.34. The molecule has 686 valence electrons. The quantitative estimate of drug-likeness (QED) is 0.00344. The van der Waals surface area contributed by atoms with E-state index in [1.807, 2.05) is 0 Å². The maximum Gasteiger partial charge on any atom is 0.326 e. The Morgan fingerprint density at radius 2 is 0.770 bits per heavy atom. The number of nitrogens with one attached hydrogen (secondary N) is 19. The second-order valence-electron chi connectivity index (χ2n) is 30.0. The lowest BCUT2D eigenvalue weighted by Crippen LogP contribution is -2.62. The number of carbonyl (C=O) groups excluding carboxylic acids is 12. The molecule has 11 amide bonds. The Hall–Kier alpha value is -13.7. The molecule has 1 heterocycles. The molecule has 41 nitrogen and oxygen atoms in total. The van der Waals surface area contributed by atoms with Crippen molar-refractivity contribution in [2.75, 3.05) is 39.4 Å². The van der Waals surface area contributed by atoms with Gasteiger partial charge in [0.15, 0.2) is 52.9 Å². The van der Waals surface area contributed by atoms with Crippen molar-refractivity contribution in [2.24, 2.45) is 40.3 Å². The number of benzene rings is 4. The maximum absolute atomic E-state index is 15.9. The highest BCUT2D eigenvalue weighted by molar-refractivity contribution is 6.09. The van der Waals surface area contributed by atoms with Gasteiger partial charge in [0.05, 0.1) is 19.3 Å². The van der Waals surface area contributed by atoms with E-state index < -0.39 is 241 Å². The number of aliphatic carboxylic acids is 1. The van der Waals surface area contributed by atoms with E-state index in [1.54, 1.807) is 54.6 Å². The van der Waals surface area contributed by atoms with E-state index in [-0.39, 0.29) is 101 Å². The van der Waals surface area contributed by atoms with Gasteiger partial charge in [0.25, 0.3) is 0 Å². The topological polar surface area (TPSA) is 718 Å². The Kier molecular flexibility index (Phi) is 40.8. The van der Waals surface area contributed by atoms with E-state index in [9.17, 15) is 72.4 Å². The van der Waals surface area contributed by atoms with Gasteiger partial charge in [-0.05, 0) is 87.3 Å². The van der Waals surface area contributed by atoms with Crippen molar-refractivity contribution in [2.45, 2.75) is 188 Å². The summed E-state index contributed by atoms with van der Waals surface area (Å²) in [6, 6.07) is 0.327. The molecule has 0 unspecified atom stereocenters. The highest BCUT2D eigenvalue weighted by atomic mass is 19.2. The van der Waals surface area contributed by atoms with Crippen LogP contribution in [0, 0.1) is 56.6 Å². The largest absolute Gasteiger partial charge is 0.480 e. The van der Waals surface area contributed by atoms with Crippen molar-refractivity contribution >= 4 is 111 Å². The van der Waals surface area contributed by atoms with Crippen LogP contribution in [0.4, 0.5) is 22.0 Å². The van der Waals surface area contributed by atoms with Crippen LogP contribution in [0.5, 0.6) is 0 Å². The Balaban J connectivity index is 1.31. The van der Waals surface area contributed by atoms with Crippen LogP contribution in [0.25, 0.3) is 10.9 Å². The van der Waals surface area contributed by atoms with Crippen LogP contribution in [-0.2, 0) is 76.8 Å². The van der Waals surface area contributed by atoms with Crippen LogP contribution in [0.15, 0.2) is 85.1 Å². The van der Waals surface area contributed by atoms with Gasteiger partial charge in [0.1, 0.15) is 60.4 Å². The van der Waals surface area contributed by atoms with E-state index in [1.165, 1.54) is 30.5 Å². The number of carbonyl (C=O) groups is 13. The second-order valence-corrected chi connectivity index (χ2v) is 30.0. The van der Waals surface area contributed by atoms with E-state index in [2.05, 4.69) is 79.4 Å². The van der Waals surface area contributed by atoms with Gasteiger partial charge in [-0.15, -0.1) is 0 Å². The molecule has 126 heavy (non-hydrogen) atoms. The molecule has 1 fully saturated rings. The number of aromatic nitrogens is 1. The van der Waals surface area contributed by atoms with Crippen LogP contribution < -0.4 is 109 Å². The van der Waals surface area contributed by atoms with Crippen molar-refractivity contribution in [1.29, 1.82) is 21.6 Å². The summed E-state index contributed by atoms with van der Waals surface area (Å²) in [6.45, 7) is -2.66. The first-order valence-electron chi connectivity index (χ1n) is 40.5. The molecule has 46 heteroatoms. The zero-order chi connectivity index (χ0) is 92.9. The van der Waals surface area contributed by atoms with Gasteiger partial charge in [-0.2, -0.15) is 0 Å². The Morgan fingerprint density at radius 3 is 1.22 bits per heavy atom. The van der Waals surface area contributed by atoms with Gasteiger partial charge in [-0.1, -0.05) is 105 Å². The number of para-hydroxylation sites is 1. The molecule has 0 bridgehead atoms. The Labute approximate surface area is 719 Å². The fraction of sp³-hybridized carbons (Fsp3) is 0.463. The molecule has 1 aromatic heterocycles. The number of carboxylic acids is 1. The maximum atomic E-state index is 15.9. The van der Waals surface area contributed by atoms with Gasteiger partial charge in [-0.25, -0.2) is 26.7 Å². The highest BCUT2D eigenvalue weighted by Crippen LogP contribution is 2.29. The number of hydrogen-bond acceptors (Lipinski definition) is 20. The molecule has 1 aliphatic carbocycles. The van der Waals surface area contributed by atoms with Crippen molar-refractivity contribution < 1.29 is 99.6 Å². The zero-order valence-electron chi connectivity index (χ0n) is 68.7. The summed E-state index contributed by atoms with van der Waals surface area (Å²) >= 11 is 0. The van der Waals surface area contributed by atoms with Crippen LogP contribution in [-0.4, -0.2) is 227 Å². The highest BCUT2D eigenvalue weighted by Gasteiger charge is 2.40. The first-order valence-corrected chi connectivity index (χ1v) is 40.5. The SMILES string of the molecule is N=C(N)NCCC[C@@H](N)C(=O)N[C@H](CCCNC(=N)N)C(=O)N[C@H](CCCNC(=N)N)C(=O)N[C@H](CCC(N)=O)C(=O)N[C@H](CCCNC(=N)N)C(=O)N[C@H](CC1CCCCC1)C(=O)N[C@H](Cc1c(F)c(F)c(F)c(F)c1F)C(=O)N[C@H](CO)C(=O)N[C@H](Cc1c[nH]c2ccccc12)C(=O)N[C@H](CO)C(=O)N[C@H](Cc1ccc(C(=O)c2ccccc2)cc1)C(=O)O. The summed E-state index contributed by atoms with van der Waals surface area (Å²) in [6.07, 6.45) is -0.664. The predicted molar refractivity (Wildman–Crippen MR) is 447 cm³/mol. The van der Waals surface area contributed by atoms with Crippen molar-refractivity contribution in [3.63, 3.8) is 0 Å². The van der Waals surface area contributed by atoms with E-state index in [0.717, 1.165) is 0 Å². The summed E-state index contributed by atoms with van der Waals surface area (Å²) in [5.74, 6) is -30.2. The molecule has 0 spiro atoms. The standard InChI is InChI=1S/C80H110F5N25O16/c81-60-46(61(82)63(84)64(85)62(60)83)36-55(73(122)110-57(38-111)74(123)106-54(35-44-37-100-48-19-8-7-17-45(44)48)72(121)109-58(39-112)75(124)108-56(76(125)126)34-41-23-25-43(26-24-41)65(114)42-15-5-2-6-16-42)107-71(120)53(33-40-13-3-1-4-14-40)105-69(118)51(22-12-32-99-80(94)95)103-70(119)52(27-28-59(87)113)104-68(117)50(21-11-31-98-79(92)93)102-67(116)49(20-10-30-97-78(90)91)101-66(115)47(86)18-9-29-96-77(88)89/h2,5-8,15-17,19,23-26,37,40,47,49-58,100,111-112H,1,3-4,9-14,18,20-22,27-36,38-39,86H2,(H2,87,113)(H,101,115)(H,102,116)(H,103,119)(H,104,117)(H,105,118)(H,106,123)(H,107,120)(H,108,124)(H,109,121)(H,110,122)(H,125,126)(H4,88,89,96)(H4,90,91,97)(H4,92,93,98)(H4,94,95,99)/t47-,49-,50-,51-,52-,53-,54-,55-,56-,57-,58-/m1/s1. The fourth-order valence-electron chi connectivity index (χ4n) is 13.7. The summed E-state index contributed by atoms with van der Waals surface area (Å²) in [4.78, 5) is 187. The summed E-state index contributed by atoms with van der Waals surface area (Å²) in [5.41, 5.74) is 33.6. The van der Waals surface area contributed by atoms with Gasteiger partial charge in [-0.3, -0.25) is 79.2 Å². The lowest BCUT2D eigenvalue weighted by Gasteiger charge is -2.30. The Bertz CT molecular complexity index is 4650. The van der Waals surface area contributed by atoms with Gasteiger partial charge >= 0.3 is 5.97 Å². The lowest BCUT2D eigenvalue weighted by atomic mass is 9.84. The normalized spacial score (nSPS) is 14.5. The molecule has 0 saturated heterocycles. The number of carboxylic acid groups (broad SMARTS) is 1. The molecular formula is C80H110F5N25O16. The first-order chi connectivity index (χ1) is 59.9. The average molecular weight is 1770 g/mol. The molecular weight excluding hydrogens is 1660 g/mol. The molecule has 0 aliphatic heterocycles. The number of primary amides is 1. The number of aromatic amines is 1. The summed E-state index contributed by atoms with van der Waals surface area (Å²) in [5, 5.41) is 96.3. The fourth-order valence-corrected chi connectivity index (χ4v) is 13.7. The van der Waals surface area contributed by atoms with Crippen molar-refractivity contribution in [1.82, 2.24) is 79.4 Å². The van der Waals surface area contributed by atoms with Crippen LogP contribution >= 0.6 is 0 Å². The number of rotatable bonds is 52. The molecule has 0 radical (unpaired) electrons. The summed E-state index contributed by atoms with van der Waals surface area (Å²) < 4.78 is 76.8. The average Bonchev–Trinajstić information content (AvgIpc) is 1.11. The minimum absolute atomic E-state index is 0.0246. The number of amides is 11. The van der Waals surface area contributed by atoms with Gasteiger partial charge in [0.2, 0.25) is 70.8 Å². The number of halogens is 5. The molecule has 4 aromatic carbocycles. The van der Waals surface area contributed by atoms with Gasteiger partial charge in [0, 0.05) is 85.7 Å². The molecule has 11 atom stereocenters. The number of guanidine groups is 4. The van der Waals surface area contributed by atoms with E-state index in [0.29, 0.717) is 59.7 Å². The minimum Gasteiger partial charge on any atom is -0.480 e. The number of aliphatic hydroxyl groups is 2. The molecule has 5 aromatic rings. The number of fused-ring (bicyclic) bond motifs is 1. The number of hydrogen-bond donors (Lipinski definition) is 28. The van der Waals surface area contributed by atoms with Crippen LogP contribution in [0.2, 0.25) is 0 Å². The van der Waals surface area contributed by atoms with E-state index in [4.69, 9.17) is 56.0 Å². The minimum atomic E-state index is -2.63. The van der Waals surface area contributed by atoms with Gasteiger partial charge < -0.3 is 129 Å². The Morgan fingerprint density at radius 1 is 0.405 bits per heavy atom. The van der Waals surface area contributed by atoms with Crippen LogP contribution in [0.3, 0.4) is 0 Å². The number of ketones is 1. The molecule has 1 saturated carbocycles. The van der Waals surface area contributed by atoms with E-state index >= 15 is 27.2 Å². The smallest absolute Gasteiger partial charge is 0.326 e. The van der Waals surface area contributed by atoms with Crippen LogP contribution in [0.1, 0.15) is 135 Å². The first kappa shape index (κ1) is 101. The van der Waals surface area contributed by atoms with Crippen molar-refractivity contribution in [3.8, 4) is 0 Å². The molecule has 6 rings (SSSR count). The zero-order valence-corrected chi connectivity index (χ0v) is 68.7. The number of nitrogens with two attached hydrogens (primary N) is 6. The number of aliphatic hydroxyl groups excluding tert-OH is 2. The molecule has 1 aliphatic rings. The second kappa shape index (κ2) is 50.8. The lowest BCUT2D eigenvalue weighted by molar-refractivity contribution is -0.142.